The Labute approximate surface area is 188 Å². The zero-order valence-electron chi connectivity index (χ0n) is 18.4. The van der Waals surface area contributed by atoms with Crippen LogP contribution in [-0.2, 0) is 16.8 Å². The Morgan fingerprint density at radius 3 is 2.64 bits per heavy atom. The second kappa shape index (κ2) is 8.58. The fraction of sp³-hybridized carbons (Fsp3) is 0.435. The Morgan fingerprint density at radius 1 is 1.27 bits per heavy atom. The van der Waals surface area contributed by atoms with Crippen LogP contribution in [0.15, 0.2) is 29.2 Å². The molecular weight excluding hydrogens is 436 g/mol. The summed E-state index contributed by atoms with van der Waals surface area (Å²) in [6.45, 7) is 4.71. The van der Waals surface area contributed by atoms with Crippen molar-refractivity contribution in [2.45, 2.75) is 44.9 Å². The van der Waals surface area contributed by atoms with Gasteiger partial charge < -0.3 is 24.6 Å². The predicted octanol–water partition coefficient (Wildman–Crippen LogP) is 2.13. The van der Waals surface area contributed by atoms with Crippen LogP contribution in [0, 0.1) is 11.6 Å². The Morgan fingerprint density at radius 2 is 2.00 bits per heavy atom. The number of carbonyl (C=O) groups excluding carboxylic acids is 2. The lowest BCUT2D eigenvalue weighted by atomic mass is 9.71. The summed E-state index contributed by atoms with van der Waals surface area (Å²) in [6, 6.07) is 2.95. The van der Waals surface area contributed by atoms with Crippen LogP contribution in [0.5, 0.6) is 5.75 Å². The van der Waals surface area contributed by atoms with Crippen LogP contribution >= 0.6 is 0 Å². The van der Waals surface area contributed by atoms with Crippen LogP contribution in [0.2, 0.25) is 0 Å². The molecule has 1 spiro atoms. The molecule has 2 aliphatic rings. The Kier molecular flexibility index (Phi) is 5.96. The SMILES string of the molecule is CCO[C@H]1C[C@]2(CN(CC)C(=O)c3c(O)c(=O)c(C(=O)NCc4ccc(F)cc4F)cn32)C1. The van der Waals surface area contributed by atoms with E-state index in [1.807, 2.05) is 13.8 Å². The second-order valence-corrected chi connectivity index (χ2v) is 8.39. The molecule has 8 nitrogen and oxygen atoms in total. The maximum Gasteiger partial charge on any atom is 0.274 e. The zero-order valence-corrected chi connectivity index (χ0v) is 18.4. The standard InChI is InChI=1S/C23H25F2N3O5/c1-3-27-12-23(8-15(9-23)33-4-2)28-11-16(19(29)20(30)18(28)22(27)32)21(31)26-10-13-5-6-14(24)7-17(13)25/h5-7,11,15,30H,3-4,8-10,12H2,1-2H3,(H,26,31)/t15-,23+. The molecule has 4 rings (SSSR count). The highest BCUT2D eigenvalue weighted by Gasteiger charge is 2.52. The van der Waals surface area contributed by atoms with E-state index >= 15 is 0 Å². The summed E-state index contributed by atoms with van der Waals surface area (Å²) >= 11 is 0. The van der Waals surface area contributed by atoms with Gasteiger partial charge >= 0.3 is 0 Å². The third-order valence-electron chi connectivity index (χ3n) is 6.37. The van der Waals surface area contributed by atoms with Gasteiger partial charge in [0.2, 0.25) is 5.43 Å². The number of hydrogen-bond acceptors (Lipinski definition) is 5. The number of aromatic nitrogens is 1. The van der Waals surface area contributed by atoms with Crippen molar-refractivity contribution in [1.29, 1.82) is 0 Å². The topological polar surface area (TPSA) is 101 Å². The van der Waals surface area contributed by atoms with Gasteiger partial charge in [0.05, 0.1) is 11.6 Å². The van der Waals surface area contributed by atoms with E-state index in [9.17, 15) is 28.3 Å². The first-order valence-corrected chi connectivity index (χ1v) is 10.8. The predicted molar refractivity (Wildman–Crippen MR) is 114 cm³/mol. The molecule has 0 saturated heterocycles. The van der Waals surface area contributed by atoms with E-state index in [4.69, 9.17) is 4.74 Å². The van der Waals surface area contributed by atoms with Crippen molar-refractivity contribution in [3.63, 3.8) is 0 Å². The van der Waals surface area contributed by atoms with Crippen molar-refractivity contribution in [2.75, 3.05) is 19.7 Å². The van der Waals surface area contributed by atoms with Crippen LogP contribution in [0.4, 0.5) is 8.78 Å². The molecule has 0 atom stereocenters. The first kappa shape index (κ1) is 22.9. The lowest BCUT2D eigenvalue weighted by molar-refractivity contribution is -0.0842. The molecule has 1 fully saturated rings. The number of hydrogen-bond donors (Lipinski definition) is 2. The number of amides is 2. The van der Waals surface area contributed by atoms with Crippen molar-refractivity contribution in [3.8, 4) is 5.75 Å². The molecule has 1 aliphatic carbocycles. The normalized spacial score (nSPS) is 21.6. The number of carbonyl (C=O) groups is 2. The number of pyridine rings is 1. The summed E-state index contributed by atoms with van der Waals surface area (Å²) in [6.07, 6.45) is 2.37. The molecule has 2 heterocycles. The van der Waals surface area contributed by atoms with Crippen LogP contribution in [0.25, 0.3) is 0 Å². The van der Waals surface area contributed by atoms with E-state index in [-0.39, 0.29) is 29.5 Å². The van der Waals surface area contributed by atoms with Gasteiger partial charge in [0, 0.05) is 44.1 Å². The van der Waals surface area contributed by atoms with Gasteiger partial charge in [-0.25, -0.2) is 8.78 Å². The highest BCUT2D eigenvalue weighted by atomic mass is 19.1. The Bertz CT molecular complexity index is 1170. The van der Waals surface area contributed by atoms with Gasteiger partial charge in [0.25, 0.3) is 11.8 Å². The smallest absolute Gasteiger partial charge is 0.274 e. The fourth-order valence-electron chi connectivity index (χ4n) is 4.65. The average Bonchev–Trinajstić information content (AvgIpc) is 2.75. The Hall–Kier alpha value is -3.27. The summed E-state index contributed by atoms with van der Waals surface area (Å²) in [5, 5.41) is 13.1. The molecule has 10 heteroatoms. The molecule has 0 radical (unpaired) electrons. The van der Waals surface area contributed by atoms with Crippen LogP contribution < -0.4 is 10.7 Å². The first-order valence-electron chi connectivity index (χ1n) is 10.8. The minimum atomic E-state index is -0.986. The number of benzene rings is 1. The monoisotopic (exact) mass is 461 g/mol. The molecule has 0 unspecified atom stereocenters. The van der Waals surface area contributed by atoms with Gasteiger partial charge in [-0.05, 0) is 32.8 Å². The minimum Gasteiger partial charge on any atom is -0.503 e. The van der Waals surface area contributed by atoms with Gasteiger partial charge in [0.15, 0.2) is 11.4 Å². The van der Waals surface area contributed by atoms with Crippen molar-refractivity contribution < 1.29 is 28.2 Å². The zero-order chi connectivity index (χ0) is 23.9. The molecule has 2 amide bonds. The van der Waals surface area contributed by atoms with Gasteiger partial charge in [-0.3, -0.25) is 14.4 Å². The molecule has 0 bridgehead atoms. The van der Waals surface area contributed by atoms with Crippen molar-refractivity contribution in [1.82, 2.24) is 14.8 Å². The molecular formula is C23H25F2N3O5. The molecule has 1 aromatic heterocycles. The van der Waals surface area contributed by atoms with Gasteiger partial charge in [0.1, 0.15) is 17.2 Å². The lowest BCUT2D eigenvalue weighted by Gasteiger charge is -2.54. The third-order valence-corrected chi connectivity index (χ3v) is 6.37. The molecule has 33 heavy (non-hydrogen) atoms. The van der Waals surface area contributed by atoms with Gasteiger partial charge in [-0.15, -0.1) is 0 Å². The van der Waals surface area contributed by atoms with E-state index in [0.717, 1.165) is 6.07 Å². The quantitative estimate of drug-likeness (QED) is 0.687. The van der Waals surface area contributed by atoms with Crippen molar-refractivity contribution in [2.24, 2.45) is 0 Å². The summed E-state index contributed by atoms with van der Waals surface area (Å²) < 4.78 is 34.2. The highest BCUT2D eigenvalue weighted by molar-refractivity contribution is 5.99. The number of likely N-dealkylation sites (N-methyl/N-ethyl adjacent to an activating group) is 1. The summed E-state index contributed by atoms with van der Waals surface area (Å²) in [5.41, 5.74) is -2.07. The largest absolute Gasteiger partial charge is 0.503 e. The fourth-order valence-corrected chi connectivity index (χ4v) is 4.65. The maximum absolute atomic E-state index is 13.9. The number of nitrogens with zero attached hydrogens (tertiary/aromatic N) is 2. The van der Waals surface area contributed by atoms with Gasteiger partial charge in [-0.1, -0.05) is 6.07 Å². The highest BCUT2D eigenvalue weighted by Crippen LogP contribution is 2.46. The third kappa shape index (κ3) is 3.88. The minimum absolute atomic E-state index is 0.0324. The number of ether oxygens (including phenoxy) is 1. The van der Waals surface area contributed by atoms with E-state index in [1.165, 1.54) is 16.8 Å². The molecule has 1 aliphatic heterocycles. The number of halogens is 2. The van der Waals surface area contributed by atoms with Crippen molar-refractivity contribution >= 4 is 11.8 Å². The van der Waals surface area contributed by atoms with Crippen LogP contribution in [0.1, 0.15) is 53.1 Å². The van der Waals surface area contributed by atoms with E-state index < -0.39 is 40.2 Å². The lowest BCUT2D eigenvalue weighted by Crippen LogP contribution is -2.62. The molecule has 1 saturated carbocycles. The molecule has 2 aromatic rings. The summed E-state index contributed by atoms with van der Waals surface area (Å²) in [7, 11) is 0. The molecule has 1 aromatic carbocycles. The van der Waals surface area contributed by atoms with Crippen LogP contribution in [0.3, 0.4) is 0 Å². The second-order valence-electron chi connectivity index (χ2n) is 8.39. The number of aromatic hydroxyl groups is 1. The van der Waals surface area contributed by atoms with Crippen molar-refractivity contribution in [3.05, 3.63) is 63.1 Å². The van der Waals surface area contributed by atoms with Gasteiger partial charge in [-0.2, -0.15) is 0 Å². The van der Waals surface area contributed by atoms with E-state index in [1.54, 1.807) is 4.90 Å². The maximum atomic E-state index is 13.9. The van der Waals surface area contributed by atoms with Crippen LogP contribution in [-0.4, -0.2) is 52.2 Å². The Balaban J connectivity index is 1.69. The first-order chi connectivity index (χ1) is 15.7. The number of nitrogens with one attached hydrogen (secondary N) is 1. The average molecular weight is 461 g/mol. The number of fused-ring (bicyclic) bond motifs is 2. The van der Waals surface area contributed by atoms with E-state index in [0.29, 0.717) is 38.6 Å². The molecule has 176 valence electrons. The van der Waals surface area contributed by atoms with E-state index in [2.05, 4.69) is 5.32 Å². The molecule has 2 N–H and O–H groups in total. The number of rotatable bonds is 6. The summed E-state index contributed by atoms with van der Waals surface area (Å²) in [4.78, 5) is 40.1. The summed E-state index contributed by atoms with van der Waals surface area (Å²) in [5.74, 6) is -3.70.